The maximum absolute atomic E-state index is 13.6. The molecule has 1 amide bonds. The van der Waals surface area contributed by atoms with Gasteiger partial charge in [0, 0.05) is 12.6 Å². The standard InChI is InChI=1S/C15H13ClF2N2O/c1-8-3-4-13(10(16)5-8)20-15(21)9-6-11(17)14(19-2)12(18)7-9/h3-7,19H,1-2H3,(H,20,21). The predicted molar refractivity (Wildman–Crippen MR) is 80.0 cm³/mol. The van der Waals surface area contributed by atoms with E-state index in [2.05, 4.69) is 10.6 Å². The Kier molecular flexibility index (Phi) is 4.43. The third-order valence-corrected chi connectivity index (χ3v) is 3.24. The molecule has 110 valence electrons. The zero-order valence-electron chi connectivity index (χ0n) is 11.4. The third-order valence-electron chi connectivity index (χ3n) is 2.93. The van der Waals surface area contributed by atoms with Gasteiger partial charge in [-0.05, 0) is 36.8 Å². The van der Waals surface area contributed by atoms with E-state index in [9.17, 15) is 13.6 Å². The summed E-state index contributed by atoms with van der Waals surface area (Å²) in [5, 5.41) is 5.27. The molecule has 0 spiro atoms. The van der Waals surface area contributed by atoms with Crippen LogP contribution in [0, 0.1) is 18.6 Å². The first-order valence-corrected chi connectivity index (χ1v) is 6.54. The van der Waals surface area contributed by atoms with Crippen LogP contribution in [0.15, 0.2) is 30.3 Å². The van der Waals surface area contributed by atoms with E-state index in [1.165, 1.54) is 7.05 Å². The molecule has 0 radical (unpaired) electrons. The van der Waals surface area contributed by atoms with Crippen molar-refractivity contribution in [2.24, 2.45) is 0 Å². The molecule has 0 unspecified atom stereocenters. The van der Waals surface area contributed by atoms with Gasteiger partial charge in [-0.1, -0.05) is 17.7 Å². The van der Waals surface area contributed by atoms with Gasteiger partial charge < -0.3 is 10.6 Å². The largest absolute Gasteiger partial charge is 0.383 e. The maximum atomic E-state index is 13.6. The predicted octanol–water partition coefficient (Wildman–Crippen LogP) is 4.22. The first-order chi connectivity index (χ1) is 9.92. The molecule has 0 saturated carbocycles. The van der Waals surface area contributed by atoms with Gasteiger partial charge in [-0.3, -0.25) is 4.79 Å². The average Bonchev–Trinajstić information content (AvgIpc) is 2.41. The highest BCUT2D eigenvalue weighted by molar-refractivity contribution is 6.34. The van der Waals surface area contributed by atoms with E-state index in [4.69, 9.17) is 11.6 Å². The van der Waals surface area contributed by atoms with Crippen LogP contribution in [0.2, 0.25) is 5.02 Å². The summed E-state index contributed by atoms with van der Waals surface area (Å²) in [5.41, 5.74) is 0.916. The Hall–Kier alpha value is -2.14. The van der Waals surface area contributed by atoms with Gasteiger partial charge in [-0.2, -0.15) is 0 Å². The number of carbonyl (C=O) groups is 1. The van der Waals surface area contributed by atoms with Crippen LogP contribution >= 0.6 is 11.6 Å². The zero-order valence-corrected chi connectivity index (χ0v) is 12.2. The minimum Gasteiger partial charge on any atom is -0.383 e. The minimum absolute atomic E-state index is 0.124. The number of halogens is 3. The number of hydrogen-bond donors (Lipinski definition) is 2. The minimum atomic E-state index is -0.836. The van der Waals surface area contributed by atoms with Crippen LogP contribution in [0.5, 0.6) is 0 Å². The second-order valence-electron chi connectivity index (χ2n) is 4.50. The van der Waals surface area contributed by atoms with Crippen molar-refractivity contribution in [1.29, 1.82) is 0 Å². The van der Waals surface area contributed by atoms with Gasteiger partial charge in [0.15, 0.2) is 0 Å². The fourth-order valence-electron chi connectivity index (χ4n) is 1.86. The molecular weight excluding hydrogens is 298 g/mol. The fraction of sp³-hybridized carbons (Fsp3) is 0.133. The lowest BCUT2D eigenvalue weighted by Gasteiger charge is -2.10. The number of aryl methyl sites for hydroxylation is 1. The number of anilines is 2. The van der Waals surface area contributed by atoms with Crippen LogP contribution in [0.4, 0.5) is 20.2 Å². The van der Waals surface area contributed by atoms with Gasteiger partial charge >= 0.3 is 0 Å². The van der Waals surface area contributed by atoms with Gasteiger partial charge in [0.1, 0.15) is 17.3 Å². The normalized spacial score (nSPS) is 10.3. The lowest BCUT2D eigenvalue weighted by atomic mass is 10.1. The van der Waals surface area contributed by atoms with Gasteiger partial charge in [0.25, 0.3) is 5.91 Å². The van der Waals surface area contributed by atoms with Gasteiger partial charge in [-0.15, -0.1) is 0 Å². The Labute approximate surface area is 125 Å². The highest BCUT2D eigenvalue weighted by Crippen LogP contribution is 2.25. The highest BCUT2D eigenvalue weighted by atomic mass is 35.5. The topological polar surface area (TPSA) is 41.1 Å². The Balaban J connectivity index is 2.28. The molecule has 0 atom stereocenters. The third kappa shape index (κ3) is 3.31. The number of nitrogens with one attached hydrogen (secondary N) is 2. The molecule has 3 nitrogen and oxygen atoms in total. The molecule has 0 aliphatic rings. The lowest BCUT2D eigenvalue weighted by molar-refractivity contribution is 0.102. The fourth-order valence-corrected chi connectivity index (χ4v) is 2.14. The van der Waals surface area contributed by atoms with E-state index >= 15 is 0 Å². The highest BCUT2D eigenvalue weighted by Gasteiger charge is 2.15. The molecule has 2 rings (SSSR count). The first kappa shape index (κ1) is 15.3. The SMILES string of the molecule is CNc1c(F)cc(C(=O)Nc2ccc(C)cc2Cl)cc1F. The van der Waals surface area contributed by atoms with Crippen molar-refractivity contribution < 1.29 is 13.6 Å². The number of hydrogen-bond acceptors (Lipinski definition) is 2. The van der Waals surface area contributed by atoms with Crippen LogP contribution in [-0.2, 0) is 0 Å². The number of benzene rings is 2. The van der Waals surface area contributed by atoms with E-state index in [0.29, 0.717) is 10.7 Å². The molecule has 0 fully saturated rings. The summed E-state index contributed by atoms with van der Waals surface area (Å²) in [6, 6.07) is 7.01. The molecule has 0 saturated heterocycles. The van der Waals surface area contributed by atoms with Crippen LogP contribution in [0.3, 0.4) is 0 Å². The summed E-state index contributed by atoms with van der Waals surface area (Å²) in [6.45, 7) is 1.86. The number of rotatable bonds is 3. The molecule has 0 heterocycles. The molecule has 2 aromatic rings. The van der Waals surface area contributed by atoms with E-state index in [-0.39, 0.29) is 11.3 Å². The van der Waals surface area contributed by atoms with E-state index < -0.39 is 17.5 Å². The summed E-state index contributed by atoms with van der Waals surface area (Å²) >= 11 is 6.00. The van der Waals surface area contributed by atoms with Crippen molar-refractivity contribution in [2.45, 2.75) is 6.92 Å². The average molecular weight is 311 g/mol. The van der Waals surface area contributed by atoms with Crippen LogP contribution in [-0.4, -0.2) is 13.0 Å². The van der Waals surface area contributed by atoms with Gasteiger partial charge in [-0.25, -0.2) is 8.78 Å². The van der Waals surface area contributed by atoms with Crippen LogP contribution in [0.25, 0.3) is 0 Å². The lowest BCUT2D eigenvalue weighted by Crippen LogP contribution is -2.13. The second-order valence-corrected chi connectivity index (χ2v) is 4.91. The zero-order chi connectivity index (χ0) is 15.6. The second kappa shape index (κ2) is 6.10. The first-order valence-electron chi connectivity index (χ1n) is 6.16. The smallest absolute Gasteiger partial charge is 0.255 e. The van der Waals surface area contributed by atoms with Crippen molar-refractivity contribution in [3.05, 3.63) is 58.1 Å². The van der Waals surface area contributed by atoms with E-state index in [1.54, 1.807) is 18.2 Å². The quantitative estimate of drug-likeness (QED) is 0.891. The van der Waals surface area contributed by atoms with Crippen molar-refractivity contribution in [3.63, 3.8) is 0 Å². The van der Waals surface area contributed by atoms with Crippen LogP contribution in [0.1, 0.15) is 15.9 Å². The van der Waals surface area contributed by atoms with E-state index in [0.717, 1.165) is 17.7 Å². The molecule has 0 aliphatic carbocycles. The maximum Gasteiger partial charge on any atom is 0.255 e. The van der Waals surface area contributed by atoms with Crippen molar-refractivity contribution >= 4 is 28.9 Å². The summed E-state index contributed by atoms with van der Waals surface area (Å²) < 4.78 is 27.3. The molecule has 6 heteroatoms. The molecule has 0 aromatic heterocycles. The molecule has 0 aliphatic heterocycles. The molecular formula is C15H13ClF2N2O. The summed E-state index contributed by atoms with van der Waals surface area (Å²) in [4.78, 5) is 12.0. The molecule has 2 aromatic carbocycles. The molecule has 2 N–H and O–H groups in total. The summed E-state index contributed by atoms with van der Waals surface area (Å²) in [5.74, 6) is -2.31. The Morgan fingerprint density at radius 1 is 1.14 bits per heavy atom. The number of amides is 1. The van der Waals surface area contributed by atoms with E-state index in [1.807, 2.05) is 6.92 Å². The molecule has 0 bridgehead atoms. The van der Waals surface area contributed by atoms with Crippen molar-refractivity contribution in [1.82, 2.24) is 0 Å². The Bertz CT molecular complexity index is 681. The number of carbonyl (C=O) groups excluding carboxylic acids is 1. The Morgan fingerprint density at radius 3 is 2.29 bits per heavy atom. The van der Waals surface area contributed by atoms with Crippen molar-refractivity contribution in [2.75, 3.05) is 17.7 Å². The molecule has 21 heavy (non-hydrogen) atoms. The van der Waals surface area contributed by atoms with Gasteiger partial charge in [0.2, 0.25) is 0 Å². The monoisotopic (exact) mass is 310 g/mol. The summed E-state index contributed by atoms with van der Waals surface area (Å²) in [6.07, 6.45) is 0. The summed E-state index contributed by atoms with van der Waals surface area (Å²) in [7, 11) is 1.40. The van der Waals surface area contributed by atoms with Crippen molar-refractivity contribution in [3.8, 4) is 0 Å². The van der Waals surface area contributed by atoms with Gasteiger partial charge in [0.05, 0.1) is 10.7 Å². The van der Waals surface area contributed by atoms with Crippen LogP contribution < -0.4 is 10.6 Å². The Morgan fingerprint density at radius 2 is 1.76 bits per heavy atom.